The molecular weight excluding hydrogens is 332 g/mol. The maximum Gasteiger partial charge on any atom is 0.336 e. The van der Waals surface area contributed by atoms with Gasteiger partial charge in [0.15, 0.2) is 0 Å². The summed E-state index contributed by atoms with van der Waals surface area (Å²) in [6.45, 7) is 0. The van der Waals surface area contributed by atoms with E-state index < -0.39 is 10.9 Å². The third kappa shape index (κ3) is 2.61. The number of nitro groups is 1. The Labute approximate surface area is 148 Å². The van der Waals surface area contributed by atoms with Gasteiger partial charge < -0.3 is 5.11 Å². The molecule has 0 saturated carbocycles. The van der Waals surface area contributed by atoms with Crippen molar-refractivity contribution >= 4 is 34.2 Å². The molecule has 1 heterocycles. The molecule has 0 saturated heterocycles. The predicted molar refractivity (Wildman–Crippen MR) is 98.0 cm³/mol. The van der Waals surface area contributed by atoms with Gasteiger partial charge in [-0.2, -0.15) is 0 Å². The summed E-state index contributed by atoms with van der Waals surface area (Å²) >= 11 is 0. The van der Waals surface area contributed by atoms with Gasteiger partial charge in [0.25, 0.3) is 5.69 Å². The smallest absolute Gasteiger partial charge is 0.336 e. The van der Waals surface area contributed by atoms with Gasteiger partial charge in [-0.05, 0) is 53.8 Å². The number of rotatable bonds is 3. The lowest BCUT2D eigenvalue weighted by molar-refractivity contribution is -0.384. The Morgan fingerprint density at radius 1 is 1.12 bits per heavy atom. The van der Waals surface area contributed by atoms with Gasteiger partial charge in [0.1, 0.15) is 0 Å². The molecule has 1 aliphatic carbocycles. The summed E-state index contributed by atoms with van der Waals surface area (Å²) in [6.07, 6.45) is 3.23. The van der Waals surface area contributed by atoms with Crippen molar-refractivity contribution in [2.24, 2.45) is 0 Å². The Kier molecular flexibility index (Phi) is 3.73. The van der Waals surface area contributed by atoms with Crippen molar-refractivity contribution in [3.63, 3.8) is 0 Å². The van der Waals surface area contributed by atoms with E-state index in [1.54, 1.807) is 18.2 Å². The number of carbonyl (C=O) groups is 1. The topological polar surface area (TPSA) is 93.3 Å². The minimum atomic E-state index is -0.948. The number of aromatic nitrogens is 1. The number of hydrogen-bond acceptors (Lipinski definition) is 4. The van der Waals surface area contributed by atoms with E-state index in [2.05, 4.69) is 4.98 Å². The van der Waals surface area contributed by atoms with E-state index >= 15 is 0 Å². The monoisotopic (exact) mass is 346 g/mol. The van der Waals surface area contributed by atoms with Crippen LogP contribution in [-0.4, -0.2) is 21.0 Å². The van der Waals surface area contributed by atoms with Crippen LogP contribution in [0.15, 0.2) is 48.5 Å². The van der Waals surface area contributed by atoms with Crippen LogP contribution in [-0.2, 0) is 6.42 Å². The van der Waals surface area contributed by atoms with E-state index in [0.717, 1.165) is 16.7 Å². The molecule has 0 unspecified atom stereocenters. The molecule has 0 amide bonds. The summed E-state index contributed by atoms with van der Waals surface area (Å²) in [5.74, 6) is -0.948. The van der Waals surface area contributed by atoms with Crippen LogP contribution in [0.4, 0.5) is 5.69 Å². The summed E-state index contributed by atoms with van der Waals surface area (Å²) in [4.78, 5) is 26.8. The van der Waals surface area contributed by atoms with E-state index in [1.165, 1.54) is 12.1 Å². The first-order valence-corrected chi connectivity index (χ1v) is 8.15. The van der Waals surface area contributed by atoms with Crippen LogP contribution in [0, 0.1) is 10.1 Å². The molecule has 0 atom stereocenters. The average molecular weight is 346 g/mol. The summed E-state index contributed by atoms with van der Waals surface area (Å²) < 4.78 is 0. The first kappa shape index (κ1) is 16.0. The van der Waals surface area contributed by atoms with Crippen LogP contribution in [0.3, 0.4) is 0 Å². The molecule has 3 aromatic rings. The minimum Gasteiger partial charge on any atom is -0.478 e. The summed E-state index contributed by atoms with van der Waals surface area (Å²) in [5, 5.41) is 21.1. The fourth-order valence-corrected chi connectivity index (χ4v) is 3.42. The molecule has 6 heteroatoms. The van der Waals surface area contributed by atoms with E-state index in [4.69, 9.17) is 0 Å². The van der Waals surface area contributed by atoms with E-state index in [1.807, 2.05) is 24.3 Å². The lowest BCUT2D eigenvalue weighted by atomic mass is 10.0. The number of non-ortho nitro benzene ring substituents is 1. The Balaban J connectivity index is 1.85. The van der Waals surface area contributed by atoms with E-state index in [9.17, 15) is 20.0 Å². The Hall–Kier alpha value is -3.54. The number of benzene rings is 2. The first-order valence-electron chi connectivity index (χ1n) is 8.15. The van der Waals surface area contributed by atoms with Crippen molar-refractivity contribution < 1.29 is 14.8 Å². The van der Waals surface area contributed by atoms with Crippen LogP contribution in [0.5, 0.6) is 0 Å². The fraction of sp³-hybridized carbons (Fsp3) is 0.100. The summed E-state index contributed by atoms with van der Waals surface area (Å²) in [6, 6.07) is 13.5. The van der Waals surface area contributed by atoms with Crippen LogP contribution in [0.25, 0.3) is 22.6 Å². The highest BCUT2D eigenvalue weighted by Crippen LogP contribution is 2.37. The maximum atomic E-state index is 11.8. The van der Waals surface area contributed by atoms with Crippen molar-refractivity contribution in [3.8, 4) is 0 Å². The van der Waals surface area contributed by atoms with Gasteiger partial charge in [-0.15, -0.1) is 0 Å². The van der Waals surface area contributed by atoms with Crippen LogP contribution >= 0.6 is 0 Å². The number of nitrogens with zero attached hydrogens (tertiary/aromatic N) is 2. The highest BCUT2D eigenvalue weighted by Gasteiger charge is 2.26. The van der Waals surface area contributed by atoms with Gasteiger partial charge >= 0.3 is 5.97 Å². The Morgan fingerprint density at radius 2 is 1.85 bits per heavy atom. The predicted octanol–water partition coefficient (Wildman–Crippen LogP) is 4.33. The van der Waals surface area contributed by atoms with E-state index in [0.29, 0.717) is 35.0 Å². The molecule has 2 aromatic carbocycles. The molecule has 26 heavy (non-hydrogen) atoms. The third-order valence-electron chi connectivity index (χ3n) is 4.60. The number of carboxylic acid groups (broad SMARTS) is 1. The van der Waals surface area contributed by atoms with Crippen LogP contribution < -0.4 is 0 Å². The number of aromatic carboxylic acids is 1. The highest BCUT2D eigenvalue weighted by molar-refractivity contribution is 6.06. The molecule has 0 radical (unpaired) electrons. The van der Waals surface area contributed by atoms with Gasteiger partial charge in [-0.3, -0.25) is 10.1 Å². The molecule has 1 aromatic heterocycles. The normalized spacial score (nSPS) is 14.5. The Morgan fingerprint density at radius 3 is 2.54 bits per heavy atom. The number of fused-ring (bicyclic) bond motifs is 2. The number of hydrogen-bond donors (Lipinski definition) is 1. The van der Waals surface area contributed by atoms with Gasteiger partial charge in [-0.1, -0.05) is 18.2 Å². The first-order chi connectivity index (χ1) is 12.5. The maximum absolute atomic E-state index is 11.8. The molecule has 0 spiro atoms. The minimum absolute atomic E-state index is 0.0382. The average Bonchev–Trinajstić information content (AvgIpc) is 3.02. The molecule has 6 nitrogen and oxygen atoms in total. The largest absolute Gasteiger partial charge is 0.478 e. The van der Waals surface area contributed by atoms with Gasteiger partial charge in [0.2, 0.25) is 0 Å². The molecular formula is C20H14N2O4. The van der Waals surface area contributed by atoms with Gasteiger partial charge in [-0.25, -0.2) is 9.78 Å². The lowest BCUT2D eigenvalue weighted by Gasteiger charge is -2.09. The zero-order valence-electron chi connectivity index (χ0n) is 13.7. The summed E-state index contributed by atoms with van der Waals surface area (Å²) in [5.41, 5.74) is 4.24. The molecule has 0 aliphatic heterocycles. The van der Waals surface area contributed by atoms with Crippen molar-refractivity contribution in [2.75, 3.05) is 0 Å². The third-order valence-corrected chi connectivity index (χ3v) is 4.60. The molecule has 4 rings (SSSR count). The second-order valence-corrected chi connectivity index (χ2v) is 6.15. The van der Waals surface area contributed by atoms with Crippen molar-refractivity contribution in [1.29, 1.82) is 0 Å². The van der Waals surface area contributed by atoms with Crippen LogP contribution in [0.1, 0.15) is 33.6 Å². The zero-order valence-corrected chi connectivity index (χ0v) is 13.7. The Bertz CT molecular complexity index is 1080. The van der Waals surface area contributed by atoms with Gasteiger partial charge in [0.05, 0.1) is 21.7 Å². The number of allylic oxidation sites excluding steroid dienone is 1. The molecule has 0 fully saturated rings. The SMILES string of the molecule is O=C(O)c1c2c(nc3ccccc13)/C(=C\c1ccc([N+](=O)[O-])cc1)CC2. The molecule has 128 valence electrons. The zero-order chi connectivity index (χ0) is 18.3. The molecule has 1 aliphatic rings. The van der Waals surface area contributed by atoms with Crippen LogP contribution in [0.2, 0.25) is 0 Å². The number of pyridine rings is 1. The fourth-order valence-electron chi connectivity index (χ4n) is 3.42. The molecule has 1 N–H and O–H groups in total. The molecule has 0 bridgehead atoms. The second-order valence-electron chi connectivity index (χ2n) is 6.15. The number of carboxylic acids is 1. The summed E-state index contributed by atoms with van der Waals surface area (Å²) in [7, 11) is 0. The quantitative estimate of drug-likeness (QED) is 0.563. The lowest BCUT2D eigenvalue weighted by Crippen LogP contribution is -2.05. The van der Waals surface area contributed by atoms with Crippen molar-refractivity contribution in [3.05, 3.63) is 81.0 Å². The standard InChI is InChI=1S/C20H14N2O4/c23-20(24)18-15-3-1-2-4-17(15)21-19-13(7-10-16(18)19)11-12-5-8-14(9-6-12)22(25)26/h1-6,8-9,11H,7,10H2,(H,23,24)/b13-11-. The second kappa shape index (κ2) is 6.07. The highest BCUT2D eigenvalue weighted by atomic mass is 16.6. The number of para-hydroxylation sites is 1. The number of nitro benzene ring substituents is 1. The van der Waals surface area contributed by atoms with Crippen molar-refractivity contribution in [1.82, 2.24) is 4.98 Å². The van der Waals surface area contributed by atoms with Crippen molar-refractivity contribution in [2.45, 2.75) is 12.8 Å². The van der Waals surface area contributed by atoms with E-state index in [-0.39, 0.29) is 5.69 Å². The van der Waals surface area contributed by atoms with Gasteiger partial charge in [0, 0.05) is 17.5 Å².